The van der Waals surface area contributed by atoms with Crippen LogP contribution in [0.25, 0.3) is 10.9 Å². The maximum absolute atomic E-state index is 5.30. The molecule has 0 amide bonds. The lowest BCUT2D eigenvalue weighted by molar-refractivity contribution is 0.622. The van der Waals surface area contributed by atoms with E-state index in [0.29, 0.717) is 6.42 Å². The number of rotatable bonds is 5. The van der Waals surface area contributed by atoms with Crippen LogP contribution in [0.15, 0.2) is 24.3 Å². The summed E-state index contributed by atoms with van der Waals surface area (Å²) in [6.45, 7) is 4.63. The van der Waals surface area contributed by atoms with E-state index < -0.39 is 0 Å². The molecule has 1 heterocycles. The number of nitrogens with one attached hydrogen (secondary N) is 1. The number of fused-ring (bicyclic) bond motifs is 1. The van der Waals surface area contributed by atoms with Crippen molar-refractivity contribution in [1.82, 2.24) is 15.1 Å². The molecule has 0 radical (unpaired) electrons. The summed E-state index contributed by atoms with van der Waals surface area (Å²) in [6, 6.07) is 8.29. The lowest BCUT2D eigenvalue weighted by Gasteiger charge is -1.98. The molecular formula is C14H17N3. The van der Waals surface area contributed by atoms with Gasteiger partial charge < -0.3 is 5.32 Å². The van der Waals surface area contributed by atoms with Crippen LogP contribution in [0.3, 0.4) is 0 Å². The zero-order chi connectivity index (χ0) is 12.1. The molecule has 0 aliphatic rings. The van der Waals surface area contributed by atoms with Crippen LogP contribution in [0.5, 0.6) is 0 Å². The molecule has 1 aromatic carbocycles. The Hall–Kier alpha value is -1.79. The van der Waals surface area contributed by atoms with Crippen molar-refractivity contribution in [2.24, 2.45) is 0 Å². The maximum atomic E-state index is 5.30. The highest BCUT2D eigenvalue weighted by Crippen LogP contribution is 2.18. The Morgan fingerprint density at radius 1 is 1.41 bits per heavy atom. The summed E-state index contributed by atoms with van der Waals surface area (Å²) in [5.74, 6) is 2.66. The average molecular weight is 227 g/mol. The number of hydrogen-bond donors (Lipinski definition) is 1. The predicted octanol–water partition coefficient (Wildman–Crippen LogP) is 2.17. The Morgan fingerprint density at radius 2 is 2.24 bits per heavy atom. The number of terminal acetylenes is 1. The molecule has 0 unspecified atom stereocenters. The molecule has 1 aromatic heterocycles. The van der Waals surface area contributed by atoms with Crippen LogP contribution < -0.4 is 5.32 Å². The SMILES string of the molecule is C#CCCn1nc(CNCC)c2ccccc21. The number of aryl methyl sites for hydroxylation is 1. The minimum Gasteiger partial charge on any atom is -0.311 e. The largest absolute Gasteiger partial charge is 0.311 e. The third-order valence-corrected chi connectivity index (χ3v) is 2.74. The standard InChI is InChI=1S/C14H17N3/c1-3-5-10-17-14-9-7-6-8-12(14)13(16-17)11-15-4-2/h1,6-9,15H,4-5,10-11H2,2H3. The monoisotopic (exact) mass is 227 g/mol. The molecule has 88 valence electrons. The first kappa shape index (κ1) is 11.7. The molecule has 2 rings (SSSR count). The van der Waals surface area contributed by atoms with Gasteiger partial charge >= 0.3 is 0 Å². The van der Waals surface area contributed by atoms with Gasteiger partial charge in [-0.2, -0.15) is 5.10 Å². The van der Waals surface area contributed by atoms with Crippen molar-refractivity contribution in [2.75, 3.05) is 6.54 Å². The molecule has 0 aliphatic carbocycles. The topological polar surface area (TPSA) is 29.9 Å². The molecule has 17 heavy (non-hydrogen) atoms. The van der Waals surface area contributed by atoms with Gasteiger partial charge in [0.2, 0.25) is 0 Å². The average Bonchev–Trinajstić information content (AvgIpc) is 2.72. The molecule has 0 saturated heterocycles. The lowest BCUT2D eigenvalue weighted by Crippen LogP contribution is -2.12. The van der Waals surface area contributed by atoms with Crippen molar-refractivity contribution in [2.45, 2.75) is 26.4 Å². The molecule has 0 fully saturated rings. The fraction of sp³-hybridized carbons (Fsp3) is 0.357. The van der Waals surface area contributed by atoms with Gasteiger partial charge in [-0.1, -0.05) is 25.1 Å². The zero-order valence-electron chi connectivity index (χ0n) is 10.1. The minimum absolute atomic E-state index is 0.715. The highest BCUT2D eigenvalue weighted by Gasteiger charge is 2.08. The maximum Gasteiger partial charge on any atom is 0.0841 e. The molecule has 0 bridgehead atoms. The third-order valence-electron chi connectivity index (χ3n) is 2.74. The van der Waals surface area contributed by atoms with Crippen molar-refractivity contribution in [1.29, 1.82) is 0 Å². The van der Waals surface area contributed by atoms with Gasteiger partial charge in [-0.15, -0.1) is 12.3 Å². The van der Waals surface area contributed by atoms with E-state index in [1.165, 1.54) is 5.39 Å². The molecule has 3 nitrogen and oxygen atoms in total. The number of nitrogens with zero attached hydrogens (tertiary/aromatic N) is 2. The van der Waals surface area contributed by atoms with E-state index in [1.54, 1.807) is 0 Å². The predicted molar refractivity (Wildman–Crippen MR) is 70.6 cm³/mol. The van der Waals surface area contributed by atoms with E-state index in [2.05, 4.69) is 35.4 Å². The normalized spacial score (nSPS) is 10.6. The number of para-hydroxylation sites is 1. The number of benzene rings is 1. The van der Waals surface area contributed by atoms with Crippen LogP contribution in [0.4, 0.5) is 0 Å². The van der Waals surface area contributed by atoms with Gasteiger partial charge in [-0.3, -0.25) is 4.68 Å². The number of aromatic nitrogens is 2. The summed E-state index contributed by atoms with van der Waals surface area (Å²) in [6.07, 6.45) is 6.02. The zero-order valence-corrected chi connectivity index (χ0v) is 10.1. The summed E-state index contributed by atoms with van der Waals surface area (Å²) in [5.41, 5.74) is 2.26. The van der Waals surface area contributed by atoms with E-state index in [4.69, 9.17) is 6.42 Å². The first-order valence-electron chi connectivity index (χ1n) is 5.95. The van der Waals surface area contributed by atoms with Gasteiger partial charge in [-0.05, 0) is 12.6 Å². The fourth-order valence-corrected chi connectivity index (χ4v) is 1.91. The van der Waals surface area contributed by atoms with Gasteiger partial charge in [0.25, 0.3) is 0 Å². The van der Waals surface area contributed by atoms with E-state index in [-0.39, 0.29) is 0 Å². The van der Waals surface area contributed by atoms with Crippen molar-refractivity contribution in [3.05, 3.63) is 30.0 Å². The lowest BCUT2D eigenvalue weighted by atomic mass is 10.2. The molecular weight excluding hydrogens is 210 g/mol. The van der Waals surface area contributed by atoms with Gasteiger partial charge in [-0.25, -0.2) is 0 Å². The highest BCUT2D eigenvalue weighted by molar-refractivity contribution is 5.81. The summed E-state index contributed by atoms with van der Waals surface area (Å²) < 4.78 is 2.00. The molecule has 3 heteroatoms. The van der Waals surface area contributed by atoms with E-state index >= 15 is 0 Å². The van der Waals surface area contributed by atoms with Crippen LogP contribution in [-0.2, 0) is 13.1 Å². The van der Waals surface area contributed by atoms with Crippen molar-refractivity contribution in [3.8, 4) is 12.3 Å². The van der Waals surface area contributed by atoms with Crippen LogP contribution in [0.1, 0.15) is 19.0 Å². The Morgan fingerprint density at radius 3 is 3.00 bits per heavy atom. The van der Waals surface area contributed by atoms with Crippen molar-refractivity contribution < 1.29 is 0 Å². The molecule has 0 spiro atoms. The van der Waals surface area contributed by atoms with Gasteiger partial charge in [0.05, 0.1) is 17.8 Å². The molecule has 0 saturated carbocycles. The van der Waals surface area contributed by atoms with E-state index in [9.17, 15) is 0 Å². The Labute approximate surface area is 102 Å². The summed E-state index contributed by atoms with van der Waals surface area (Å²) in [7, 11) is 0. The van der Waals surface area contributed by atoms with Gasteiger partial charge in [0, 0.05) is 18.4 Å². The Balaban J connectivity index is 2.36. The summed E-state index contributed by atoms with van der Waals surface area (Å²) in [5, 5.41) is 9.15. The van der Waals surface area contributed by atoms with Crippen LogP contribution in [0, 0.1) is 12.3 Å². The number of hydrogen-bond acceptors (Lipinski definition) is 2. The van der Waals surface area contributed by atoms with Gasteiger partial charge in [0.15, 0.2) is 0 Å². The summed E-state index contributed by atoms with van der Waals surface area (Å²) >= 11 is 0. The smallest absolute Gasteiger partial charge is 0.0841 e. The third kappa shape index (κ3) is 2.48. The highest BCUT2D eigenvalue weighted by atomic mass is 15.3. The van der Waals surface area contributed by atoms with Crippen molar-refractivity contribution >= 4 is 10.9 Å². The fourth-order valence-electron chi connectivity index (χ4n) is 1.91. The summed E-state index contributed by atoms with van der Waals surface area (Å²) in [4.78, 5) is 0. The minimum atomic E-state index is 0.715. The quantitative estimate of drug-likeness (QED) is 0.793. The molecule has 0 atom stereocenters. The van der Waals surface area contributed by atoms with Crippen LogP contribution in [-0.4, -0.2) is 16.3 Å². The van der Waals surface area contributed by atoms with E-state index in [1.807, 2.05) is 16.8 Å². The second-order valence-corrected chi connectivity index (χ2v) is 3.92. The Kier molecular flexibility index (Phi) is 3.79. The second kappa shape index (κ2) is 5.51. The van der Waals surface area contributed by atoms with Crippen molar-refractivity contribution in [3.63, 3.8) is 0 Å². The molecule has 1 N–H and O–H groups in total. The first-order chi connectivity index (χ1) is 8.36. The van der Waals surface area contributed by atoms with Crippen LogP contribution >= 0.6 is 0 Å². The van der Waals surface area contributed by atoms with Gasteiger partial charge in [0.1, 0.15) is 0 Å². The van der Waals surface area contributed by atoms with E-state index in [0.717, 1.165) is 30.8 Å². The Bertz CT molecular complexity index is 534. The van der Waals surface area contributed by atoms with Crippen LogP contribution in [0.2, 0.25) is 0 Å². The first-order valence-corrected chi connectivity index (χ1v) is 5.95. The molecule has 0 aliphatic heterocycles. The molecule has 2 aromatic rings. The second-order valence-electron chi connectivity index (χ2n) is 3.92.